The van der Waals surface area contributed by atoms with E-state index in [9.17, 15) is 9.59 Å². The lowest BCUT2D eigenvalue weighted by molar-refractivity contribution is -0.138. The number of hydrogen-bond donors (Lipinski definition) is 1. The van der Waals surface area contributed by atoms with Crippen molar-refractivity contribution < 1.29 is 9.59 Å². The largest absolute Gasteiger partial charge is 0.352 e. The van der Waals surface area contributed by atoms with E-state index in [2.05, 4.69) is 37.4 Å². The van der Waals surface area contributed by atoms with E-state index in [4.69, 9.17) is 11.6 Å². The summed E-state index contributed by atoms with van der Waals surface area (Å²) in [5.41, 5.74) is 4.56. The molecule has 0 saturated heterocycles. The average Bonchev–Trinajstić information content (AvgIpc) is 2.70. The van der Waals surface area contributed by atoms with Crippen molar-refractivity contribution >= 4 is 35.2 Å². The van der Waals surface area contributed by atoms with Crippen molar-refractivity contribution in [1.29, 1.82) is 0 Å². The Morgan fingerprint density at radius 3 is 2.35 bits per heavy atom. The predicted molar refractivity (Wildman–Crippen MR) is 131 cm³/mol. The van der Waals surface area contributed by atoms with Gasteiger partial charge in [0, 0.05) is 23.4 Å². The normalized spacial score (nSPS) is 12.8. The molecule has 0 spiro atoms. The van der Waals surface area contributed by atoms with E-state index < -0.39 is 6.04 Å². The maximum absolute atomic E-state index is 13.1. The Kier molecular flexibility index (Phi) is 9.92. The van der Waals surface area contributed by atoms with Gasteiger partial charge in [-0.25, -0.2) is 0 Å². The van der Waals surface area contributed by atoms with Gasteiger partial charge in [0.25, 0.3) is 0 Å². The summed E-state index contributed by atoms with van der Waals surface area (Å²) in [5, 5.41) is 3.61. The van der Waals surface area contributed by atoms with Crippen LogP contribution in [0, 0.1) is 13.8 Å². The number of thioether (sulfide) groups is 1. The Bertz CT molecular complexity index is 883. The first-order valence-electron chi connectivity index (χ1n) is 10.7. The summed E-state index contributed by atoms with van der Waals surface area (Å²) in [6.07, 6.45) is 0.840. The zero-order chi connectivity index (χ0) is 23.0. The van der Waals surface area contributed by atoms with Crippen LogP contribution >= 0.6 is 23.4 Å². The molecule has 0 fully saturated rings. The summed E-state index contributed by atoms with van der Waals surface area (Å²) in [6.45, 7) is 10.3. The molecule has 0 aliphatic carbocycles. The topological polar surface area (TPSA) is 49.4 Å². The number of carbonyl (C=O) groups is 2. The number of nitrogens with one attached hydrogen (secondary N) is 1. The summed E-state index contributed by atoms with van der Waals surface area (Å²) >= 11 is 7.70. The molecule has 2 amide bonds. The Morgan fingerprint density at radius 2 is 1.74 bits per heavy atom. The van der Waals surface area contributed by atoms with Crippen molar-refractivity contribution in [3.05, 3.63) is 69.7 Å². The minimum atomic E-state index is -0.567. The highest BCUT2D eigenvalue weighted by Gasteiger charge is 2.26. The first-order valence-corrected chi connectivity index (χ1v) is 12.2. The molecule has 0 aromatic heterocycles. The fourth-order valence-electron chi connectivity index (χ4n) is 3.37. The molecule has 0 aliphatic rings. The lowest BCUT2D eigenvalue weighted by atomic mass is 10.1. The van der Waals surface area contributed by atoms with Crippen LogP contribution in [0.25, 0.3) is 0 Å². The minimum Gasteiger partial charge on any atom is -0.352 e. The van der Waals surface area contributed by atoms with Crippen LogP contribution in [0.1, 0.15) is 49.4 Å². The highest BCUT2D eigenvalue weighted by atomic mass is 35.5. The number of rotatable bonds is 10. The van der Waals surface area contributed by atoms with Gasteiger partial charge in [0.1, 0.15) is 6.04 Å². The lowest BCUT2D eigenvalue weighted by Crippen LogP contribution is -2.50. The van der Waals surface area contributed by atoms with Gasteiger partial charge in [-0.3, -0.25) is 9.59 Å². The van der Waals surface area contributed by atoms with E-state index in [-0.39, 0.29) is 17.9 Å². The predicted octanol–water partition coefficient (Wildman–Crippen LogP) is 5.52. The standard InChI is InChI=1S/C25H33ClN2O2S/c1-6-19(4)27-25(30)20(5)28(14-21-8-7-9-23(26)13-21)24(29)16-31-15-22-11-17(2)10-18(3)12-22/h7-13,19-20H,6,14-16H2,1-5H3,(H,27,30). The Hall–Kier alpha value is -1.98. The fourth-order valence-corrected chi connectivity index (χ4v) is 4.43. The number of hydrogen-bond acceptors (Lipinski definition) is 3. The van der Waals surface area contributed by atoms with Crippen LogP contribution in [-0.2, 0) is 21.9 Å². The van der Waals surface area contributed by atoms with Crippen LogP contribution in [0.2, 0.25) is 5.02 Å². The minimum absolute atomic E-state index is 0.0545. The van der Waals surface area contributed by atoms with Gasteiger partial charge in [0.05, 0.1) is 5.75 Å². The number of halogens is 1. The number of carbonyl (C=O) groups excluding carboxylic acids is 2. The molecule has 2 unspecified atom stereocenters. The maximum atomic E-state index is 13.1. The van der Waals surface area contributed by atoms with Crippen LogP contribution in [0.15, 0.2) is 42.5 Å². The zero-order valence-electron chi connectivity index (χ0n) is 19.1. The molecule has 0 saturated carbocycles. The monoisotopic (exact) mass is 460 g/mol. The van der Waals surface area contributed by atoms with E-state index in [1.807, 2.05) is 32.0 Å². The van der Waals surface area contributed by atoms with E-state index >= 15 is 0 Å². The van der Waals surface area contributed by atoms with Crippen LogP contribution in [0.4, 0.5) is 0 Å². The molecule has 6 heteroatoms. The number of benzene rings is 2. The molecule has 31 heavy (non-hydrogen) atoms. The molecular formula is C25H33ClN2O2S. The first-order chi connectivity index (χ1) is 14.7. The molecule has 168 valence electrons. The van der Waals surface area contributed by atoms with Crippen molar-refractivity contribution in [2.45, 2.75) is 65.4 Å². The van der Waals surface area contributed by atoms with E-state index in [1.54, 1.807) is 29.7 Å². The van der Waals surface area contributed by atoms with Crippen molar-refractivity contribution in [2.75, 3.05) is 5.75 Å². The summed E-state index contributed by atoms with van der Waals surface area (Å²) < 4.78 is 0. The highest BCUT2D eigenvalue weighted by Crippen LogP contribution is 2.19. The molecule has 1 N–H and O–H groups in total. The molecular weight excluding hydrogens is 428 g/mol. The molecule has 2 aromatic carbocycles. The molecule has 0 radical (unpaired) electrons. The maximum Gasteiger partial charge on any atom is 0.242 e. The van der Waals surface area contributed by atoms with Gasteiger partial charge in [-0.15, -0.1) is 11.8 Å². The molecule has 2 aromatic rings. The van der Waals surface area contributed by atoms with Gasteiger partial charge in [0.15, 0.2) is 0 Å². The molecule has 0 bridgehead atoms. The van der Waals surface area contributed by atoms with Crippen LogP contribution in [-0.4, -0.2) is 34.6 Å². The summed E-state index contributed by atoms with van der Waals surface area (Å²) in [7, 11) is 0. The molecule has 0 aliphatic heterocycles. The zero-order valence-corrected chi connectivity index (χ0v) is 20.6. The van der Waals surface area contributed by atoms with Crippen LogP contribution in [0.3, 0.4) is 0 Å². The Morgan fingerprint density at radius 1 is 1.06 bits per heavy atom. The van der Waals surface area contributed by atoms with Gasteiger partial charge < -0.3 is 10.2 Å². The van der Waals surface area contributed by atoms with Gasteiger partial charge >= 0.3 is 0 Å². The van der Waals surface area contributed by atoms with Gasteiger partial charge in [0.2, 0.25) is 11.8 Å². The van der Waals surface area contributed by atoms with Gasteiger partial charge in [-0.05, 0) is 57.4 Å². The second kappa shape index (κ2) is 12.2. The molecule has 2 rings (SSSR count). The number of nitrogens with zero attached hydrogens (tertiary/aromatic N) is 1. The number of amides is 2. The Labute approximate surface area is 195 Å². The second-order valence-electron chi connectivity index (χ2n) is 8.13. The summed E-state index contributed by atoms with van der Waals surface area (Å²) in [5.74, 6) is 0.881. The SMILES string of the molecule is CCC(C)NC(=O)C(C)N(Cc1cccc(Cl)c1)C(=O)CSCc1cc(C)cc(C)c1. The van der Waals surface area contributed by atoms with Crippen molar-refractivity contribution in [2.24, 2.45) is 0 Å². The third kappa shape index (κ3) is 8.23. The van der Waals surface area contributed by atoms with Crippen LogP contribution < -0.4 is 5.32 Å². The first kappa shape index (κ1) is 25.3. The van der Waals surface area contributed by atoms with Crippen molar-refractivity contribution in [1.82, 2.24) is 10.2 Å². The van der Waals surface area contributed by atoms with Crippen molar-refractivity contribution in [3.8, 4) is 0 Å². The van der Waals surface area contributed by atoms with Gasteiger partial charge in [-0.1, -0.05) is 60.0 Å². The quantitative estimate of drug-likeness (QED) is 0.507. The lowest BCUT2D eigenvalue weighted by Gasteiger charge is -2.29. The van der Waals surface area contributed by atoms with Gasteiger partial charge in [-0.2, -0.15) is 0 Å². The third-order valence-corrected chi connectivity index (χ3v) is 6.41. The summed E-state index contributed by atoms with van der Waals surface area (Å²) in [6, 6.07) is 13.4. The smallest absolute Gasteiger partial charge is 0.242 e. The third-order valence-electron chi connectivity index (χ3n) is 5.19. The number of aryl methyl sites for hydroxylation is 2. The highest BCUT2D eigenvalue weighted by molar-refractivity contribution is 7.99. The second-order valence-corrected chi connectivity index (χ2v) is 9.56. The van der Waals surface area contributed by atoms with Crippen molar-refractivity contribution in [3.63, 3.8) is 0 Å². The molecule has 2 atom stereocenters. The molecule has 0 heterocycles. The van der Waals surface area contributed by atoms with Crippen LogP contribution in [0.5, 0.6) is 0 Å². The fraction of sp³-hybridized carbons (Fsp3) is 0.440. The average molecular weight is 461 g/mol. The van der Waals surface area contributed by atoms with E-state index in [0.29, 0.717) is 17.3 Å². The molecule has 4 nitrogen and oxygen atoms in total. The summed E-state index contributed by atoms with van der Waals surface area (Å²) in [4.78, 5) is 27.5. The van der Waals surface area contributed by atoms with E-state index in [1.165, 1.54) is 16.7 Å². The Balaban J connectivity index is 2.09. The van der Waals surface area contributed by atoms with E-state index in [0.717, 1.165) is 17.7 Å².